The first-order chi connectivity index (χ1) is 9.92. The van der Waals surface area contributed by atoms with Gasteiger partial charge in [0.15, 0.2) is 11.5 Å². The molecule has 1 aliphatic heterocycles. The summed E-state index contributed by atoms with van der Waals surface area (Å²) in [4.78, 5) is 8.07. The zero-order chi connectivity index (χ0) is 13.6. The normalized spacial score (nSPS) is 13.8. The van der Waals surface area contributed by atoms with Crippen LogP contribution >= 0.6 is 0 Å². The van der Waals surface area contributed by atoms with E-state index in [1.807, 2.05) is 18.2 Å². The number of benzene rings is 1. The highest BCUT2D eigenvalue weighted by atomic mass is 16.5. The van der Waals surface area contributed by atoms with Gasteiger partial charge in [-0.05, 0) is 23.8 Å². The minimum absolute atomic E-state index is 0.713. The first-order valence-corrected chi connectivity index (χ1v) is 6.76. The van der Waals surface area contributed by atoms with Gasteiger partial charge in [0.25, 0.3) is 0 Å². The first-order valence-electron chi connectivity index (χ1n) is 6.76. The lowest BCUT2D eigenvalue weighted by Gasteiger charge is -2.10. The maximum absolute atomic E-state index is 5.68. The lowest BCUT2D eigenvalue weighted by Crippen LogP contribution is -2.13. The van der Waals surface area contributed by atoms with E-state index in [1.54, 1.807) is 12.5 Å². The second-order valence-corrected chi connectivity index (χ2v) is 4.64. The number of rotatable bonds is 4. The number of hydrogen-bond acceptors (Lipinski definition) is 5. The van der Waals surface area contributed by atoms with Gasteiger partial charge >= 0.3 is 0 Å². The molecule has 1 aliphatic rings. The molecule has 0 atom stereocenters. The molecule has 0 bridgehead atoms. The Morgan fingerprint density at radius 2 is 1.95 bits per heavy atom. The Labute approximate surface area is 118 Å². The van der Waals surface area contributed by atoms with Crippen molar-refractivity contribution in [2.75, 3.05) is 13.2 Å². The monoisotopic (exact) mass is 271 g/mol. The van der Waals surface area contributed by atoms with Gasteiger partial charge in [-0.3, -0.25) is 0 Å². The predicted octanol–water partition coefficient (Wildman–Crippen LogP) is 1.93. The van der Waals surface area contributed by atoms with E-state index in [1.165, 1.54) is 5.56 Å². The summed E-state index contributed by atoms with van der Waals surface area (Å²) in [6, 6.07) is 7.97. The second-order valence-electron chi connectivity index (χ2n) is 4.64. The van der Waals surface area contributed by atoms with Crippen LogP contribution in [-0.2, 0) is 13.1 Å². The van der Waals surface area contributed by atoms with Crippen LogP contribution in [0.2, 0.25) is 0 Å². The smallest absolute Gasteiger partial charge is 0.161 e. The van der Waals surface area contributed by atoms with Crippen LogP contribution in [0.4, 0.5) is 0 Å². The molecule has 1 aromatic carbocycles. The van der Waals surface area contributed by atoms with Crippen molar-refractivity contribution in [2.45, 2.75) is 19.5 Å². The SMILES string of the molecule is c1cc(CNCc2ccc3c(c2)OCCCO3)ncn1. The predicted molar refractivity (Wildman–Crippen MR) is 74.6 cm³/mol. The number of ether oxygens (including phenoxy) is 2. The van der Waals surface area contributed by atoms with Gasteiger partial charge in [-0.2, -0.15) is 0 Å². The molecule has 2 heterocycles. The zero-order valence-electron chi connectivity index (χ0n) is 11.2. The number of nitrogens with one attached hydrogen (secondary N) is 1. The summed E-state index contributed by atoms with van der Waals surface area (Å²) in [5, 5.41) is 3.35. The quantitative estimate of drug-likeness (QED) is 0.920. The molecule has 0 aliphatic carbocycles. The average molecular weight is 271 g/mol. The topological polar surface area (TPSA) is 56.3 Å². The number of fused-ring (bicyclic) bond motifs is 1. The van der Waals surface area contributed by atoms with Crippen LogP contribution in [0.25, 0.3) is 0 Å². The van der Waals surface area contributed by atoms with E-state index in [2.05, 4.69) is 21.4 Å². The molecule has 0 spiro atoms. The Morgan fingerprint density at radius 1 is 1.05 bits per heavy atom. The van der Waals surface area contributed by atoms with Gasteiger partial charge < -0.3 is 14.8 Å². The van der Waals surface area contributed by atoms with Gasteiger partial charge in [0.2, 0.25) is 0 Å². The number of aromatic nitrogens is 2. The Balaban J connectivity index is 1.59. The molecule has 5 nitrogen and oxygen atoms in total. The largest absolute Gasteiger partial charge is 0.490 e. The Morgan fingerprint density at radius 3 is 2.80 bits per heavy atom. The highest BCUT2D eigenvalue weighted by molar-refractivity contribution is 5.43. The molecule has 0 unspecified atom stereocenters. The van der Waals surface area contributed by atoms with Gasteiger partial charge in [0, 0.05) is 25.7 Å². The van der Waals surface area contributed by atoms with E-state index in [0.29, 0.717) is 6.61 Å². The molecular formula is C15H17N3O2. The molecule has 0 amide bonds. The summed E-state index contributed by atoms with van der Waals surface area (Å²) >= 11 is 0. The Bertz CT molecular complexity index is 560. The van der Waals surface area contributed by atoms with Crippen LogP contribution < -0.4 is 14.8 Å². The molecule has 2 aromatic rings. The number of hydrogen-bond donors (Lipinski definition) is 1. The van der Waals surface area contributed by atoms with Crippen molar-refractivity contribution >= 4 is 0 Å². The Hall–Kier alpha value is -2.14. The molecule has 0 saturated heterocycles. The van der Waals surface area contributed by atoms with E-state index in [-0.39, 0.29) is 0 Å². The molecule has 5 heteroatoms. The van der Waals surface area contributed by atoms with Crippen LogP contribution in [0.3, 0.4) is 0 Å². The van der Waals surface area contributed by atoms with Gasteiger partial charge in [0.05, 0.1) is 18.9 Å². The molecule has 0 radical (unpaired) electrons. The zero-order valence-corrected chi connectivity index (χ0v) is 11.2. The fourth-order valence-electron chi connectivity index (χ4n) is 2.08. The minimum Gasteiger partial charge on any atom is -0.490 e. The van der Waals surface area contributed by atoms with Crippen molar-refractivity contribution in [3.05, 3.63) is 48.0 Å². The third kappa shape index (κ3) is 3.24. The van der Waals surface area contributed by atoms with Crippen LogP contribution in [0.5, 0.6) is 11.5 Å². The van der Waals surface area contributed by atoms with E-state index < -0.39 is 0 Å². The third-order valence-corrected chi connectivity index (χ3v) is 3.09. The Kier molecular flexibility index (Phi) is 4.08. The maximum atomic E-state index is 5.68. The summed E-state index contributed by atoms with van der Waals surface area (Å²) in [5.41, 5.74) is 2.15. The van der Waals surface area contributed by atoms with E-state index in [0.717, 1.165) is 43.3 Å². The van der Waals surface area contributed by atoms with Crippen LogP contribution in [0.15, 0.2) is 36.8 Å². The first kappa shape index (κ1) is 12.9. The fraction of sp³-hybridized carbons (Fsp3) is 0.333. The standard InChI is InChI=1S/C15H17N3O2/c1-6-19-14-3-2-12(8-15(14)20-7-1)9-17-10-13-4-5-16-11-18-13/h2-5,8,11,17H,1,6-7,9-10H2. The van der Waals surface area contributed by atoms with Gasteiger partial charge in [-0.15, -0.1) is 0 Å². The maximum Gasteiger partial charge on any atom is 0.161 e. The molecule has 0 fully saturated rings. The molecule has 3 rings (SSSR count). The molecular weight excluding hydrogens is 254 g/mol. The van der Waals surface area contributed by atoms with Gasteiger partial charge in [-0.1, -0.05) is 6.07 Å². The summed E-state index contributed by atoms with van der Waals surface area (Å²) in [6.07, 6.45) is 4.23. The number of nitrogens with zero attached hydrogens (tertiary/aromatic N) is 2. The van der Waals surface area contributed by atoms with Gasteiger partial charge in [0.1, 0.15) is 6.33 Å². The fourth-order valence-corrected chi connectivity index (χ4v) is 2.08. The van der Waals surface area contributed by atoms with Crippen LogP contribution in [0, 0.1) is 0 Å². The molecule has 0 saturated carbocycles. The van der Waals surface area contributed by atoms with Crippen molar-refractivity contribution in [1.29, 1.82) is 0 Å². The summed E-state index contributed by atoms with van der Waals surface area (Å²) in [7, 11) is 0. The third-order valence-electron chi connectivity index (χ3n) is 3.09. The van der Waals surface area contributed by atoms with E-state index in [4.69, 9.17) is 9.47 Å². The van der Waals surface area contributed by atoms with Crippen LogP contribution in [0.1, 0.15) is 17.7 Å². The minimum atomic E-state index is 0.713. The van der Waals surface area contributed by atoms with E-state index in [9.17, 15) is 0 Å². The lowest BCUT2D eigenvalue weighted by atomic mass is 10.2. The van der Waals surface area contributed by atoms with Crippen molar-refractivity contribution in [3.8, 4) is 11.5 Å². The molecule has 104 valence electrons. The van der Waals surface area contributed by atoms with E-state index >= 15 is 0 Å². The van der Waals surface area contributed by atoms with Crippen LogP contribution in [-0.4, -0.2) is 23.2 Å². The summed E-state index contributed by atoms with van der Waals surface area (Å²) < 4.78 is 11.3. The highest BCUT2D eigenvalue weighted by Gasteiger charge is 2.10. The molecule has 20 heavy (non-hydrogen) atoms. The molecule has 1 aromatic heterocycles. The highest BCUT2D eigenvalue weighted by Crippen LogP contribution is 2.30. The molecule has 1 N–H and O–H groups in total. The van der Waals surface area contributed by atoms with Gasteiger partial charge in [-0.25, -0.2) is 9.97 Å². The van der Waals surface area contributed by atoms with Crippen molar-refractivity contribution in [1.82, 2.24) is 15.3 Å². The van der Waals surface area contributed by atoms with Crippen molar-refractivity contribution in [3.63, 3.8) is 0 Å². The average Bonchev–Trinajstić information content (AvgIpc) is 2.73. The lowest BCUT2D eigenvalue weighted by molar-refractivity contribution is 0.297. The second kappa shape index (κ2) is 6.34. The summed E-state index contributed by atoms with van der Waals surface area (Å²) in [6.45, 7) is 2.92. The summed E-state index contributed by atoms with van der Waals surface area (Å²) in [5.74, 6) is 1.67. The van der Waals surface area contributed by atoms with Crippen molar-refractivity contribution in [2.24, 2.45) is 0 Å². The van der Waals surface area contributed by atoms with Crippen molar-refractivity contribution < 1.29 is 9.47 Å².